The number of rotatable bonds is 5. The van der Waals surface area contributed by atoms with E-state index in [0.717, 1.165) is 30.7 Å². The van der Waals surface area contributed by atoms with Crippen molar-refractivity contribution in [1.82, 2.24) is 9.97 Å². The molecule has 2 atom stereocenters. The number of methoxy groups -OCH3 is 2. The minimum Gasteiger partial charge on any atom is -0.467 e. The third-order valence-electron chi connectivity index (χ3n) is 5.08. The Labute approximate surface area is 180 Å². The average molecular weight is 431 g/mol. The normalized spacial score (nSPS) is 18.5. The zero-order valence-electron chi connectivity index (χ0n) is 17.8. The summed E-state index contributed by atoms with van der Waals surface area (Å²) in [5.41, 5.74) is 8.86. The number of carbonyl (C=O) groups is 2. The number of benzene rings is 1. The lowest BCUT2D eigenvalue weighted by atomic mass is 10.0. The number of H-pyrrole nitrogens is 1. The summed E-state index contributed by atoms with van der Waals surface area (Å²) in [7, 11) is 2.90. The SMILES string of the molecule is COCCOC(=O)Nc1ccc2c(c1)N[C@@H](C(=O)OC)CCCC[C@H](N)c1nc-2c[nH]1. The zero-order valence-corrected chi connectivity index (χ0v) is 17.8. The Kier molecular flexibility index (Phi) is 7.85. The molecule has 1 aliphatic rings. The first-order valence-corrected chi connectivity index (χ1v) is 10.2. The van der Waals surface area contributed by atoms with E-state index in [9.17, 15) is 9.59 Å². The largest absolute Gasteiger partial charge is 0.467 e. The van der Waals surface area contributed by atoms with E-state index < -0.39 is 12.1 Å². The van der Waals surface area contributed by atoms with Crippen LogP contribution in [0.3, 0.4) is 0 Å². The van der Waals surface area contributed by atoms with E-state index >= 15 is 0 Å². The van der Waals surface area contributed by atoms with Gasteiger partial charge in [0.25, 0.3) is 0 Å². The Morgan fingerprint density at radius 1 is 1.23 bits per heavy atom. The molecule has 0 spiro atoms. The topological polar surface area (TPSA) is 141 Å². The molecule has 2 heterocycles. The second-order valence-electron chi connectivity index (χ2n) is 7.30. The van der Waals surface area contributed by atoms with Gasteiger partial charge in [0.1, 0.15) is 18.5 Å². The van der Waals surface area contributed by atoms with Crippen molar-refractivity contribution >= 4 is 23.4 Å². The smallest absolute Gasteiger partial charge is 0.411 e. The van der Waals surface area contributed by atoms with Crippen LogP contribution < -0.4 is 16.4 Å². The lowest BCUT2D eigenvalue weighted by molar-refractivity contribution is -0.141. The number of nitrogens with two attached hydrogens (primary N) is 1. The molecule has 1 aromatic carbocycles. The molecule has 2 bridgehead atoms. The molecule has 0 saturated carbocycles. The number of aromatic amines is 1. The molecule has 2 aromatic rings. The number of esters is 1. The lowest BCUT2D eigenvalue weighted by Gasteiger charge is -2.21. The Hall–Kier alpha value is -3.11. The number of amides is 1. The van der Waals surface area contributed by atoms with Crippen LogP contribution in [0.5, 0.6) is 0 Å². The minimum absolute atomic E-state index is 0.145. The first-order chi connectivity index (χ1) is 15.0. The van der Waals surface area contributed by atoms with E-state index in [1.54, 1.807) is 18.3 Å². The predicted octanol–water partition coefficient (Wildman–Crippen LogP) is 2.80. The van der Waals surface area contributed by atoms with Crippen molar-refractivity contribution in [2.24, 2.45) is 5.73 Å². The average Bonchev–Trinajstić information content (AvgIpc) is 3.25. The molecule has 1 amide bonds. The van der Waals surface area contributed by atoms with Gasteiger partial charge in [-0.1, -0.05) is 12.8 Å². The first-order valence-electron chi connectivity index (χ1n) is 10.2. The molecule has 168 valence electrons. The fraction of sp³-hybridized carbons (Fsp3) is 0.476. The van der Waals surface area contributed by atoms with Gasteiger partial charge in [0.15, 0.2) is 0 Å². The van der Waals surface area contributed by atoms with Crippen LogP contribution >= 0.6 is 0 Å². The number of carbonyl (C=O) groups excluding carboxylic acids is 2. The van der Waals surface area contributed by atoms with E-state index in [-0.39, 0.29) is 18.6 Å². The first kappa shape index (κ1) is 22.6. The number of imidazole rings is 1. The molecule has 0 aliphatic carbocycles. The number of hydrogen-bond donors (Lipinski definition) is 4. The molecule has 0 radical (unpaired) electrons. The molecule has 31 heavy (non-hydrogen) atoms. The molecule has 0 saturated heterocycles. The maximum Gasteiger partial charge on any atom is 0.411 e. The lowest BCUT2D eigenvalue weighted by Crippen LogP contribution is -2.31. The third-order valence-corrected chi connectivity index (χ3v) is 5.08. The van der Waals surface area contributed by atoms with Crippen molar-refractivity contribution in [2.45, 2.75) is 37.8 Å². The number of anilines is 2. The summed E-state index contributed by atoms with van der Waals surface area (Å²) >= 11 is 0. The minimum atomic E-state index is -0.595. The molecule has 0 fully saturated rings. The van der Waals surface area contributed by atoms with Crippen LogP contribution in [0.25, 0.3) is 11.3 Å². The van der Waals surface area contributed by atoms with E-state index in [2.05, 4.69) is 20.6 Å². The quantitative estimate of drug-likeness (QED) is 0.418. The summed E-state index contributed by atoms with van der Waals surface area (Å²) < 4.78 is 14.9. The molecule has 1 aliphatic heterocycles. The van der Waals surface area contributed by atoms with Gasteiger partial charge in [0, 0.05) is 30.2 Å². The van der Waals surface area contributed by atoms with Crippen molar-refractivity contribution in [3.8, 4) is 11.3 Å². The Balaban J connectivity index is 1.92. The number of nitrogens with zero attached hydrogens (tertiary/aromatic N) is 1. The van der Waals surface area contributed by atoms with Crippen LogP contribution in [0.2, 0.25) is 0 Å². The van der Waals surface area contributed by atoms with Crippen LogP contribution in [0.1, 0.15) is 37.5 Å². The van der Waals surface area contributed by atoms with Crippen LogP contribution in [-0.2, 0) is 19.0 Å². The summed E-state index contributed by atoms with van der Waals surface area (Å²) in [6.07, 6.45) is 4.20. The highest BCUT2D eigenvalue weighted by Gasteiger charge is 2.23. The number of nitrogens with one attached hydrogen (secondary N) is 3. The van der Waals surface area contributed by atoms with Gasteiger partial charge in [0.2, 0.25) is 0 Å². The van der Waals surface area contributed by atoms with Crippen molar-refractivity contribution < 1.29 is 23.8 Å². The molecule has 3 rings (SSSR count). The molecule has 0 unspecified atom stereocenters. The monoisotopic (exact) mass is 431 g/mol. The van der Waals surface area contributed by atoms with Crippen molar-refractivity contribution in [3.63, 3.8) is 0 Å². The Morgan fingerprint density at radius 3 is 2.81 bits per heavy atom. The van der Waals surface area contributed by atoms with Gasteiger partial charge >= 0.3 is 12.1 Å². The number of fused-ring (bicyclic) bond motifs is 4. The second kappa shape index (κ2) is 10.8. The van der Waals surface area contributed by atoms with Crippen LogP contribution in [0.4, 0.5) is 16.2 Å². The van der Waals surface area contributed by atoms with E-state index in [1.165, 1.54) is 14.2 Å². The fourth-order valence-electron chi connectivity index (χ4n) is 3.43. The predicted molar refractivity (Wildman–Crippen MR) is 116 cm³/mol. The summed E-state index contributed by atoms with van der Waals surface area (Å²) in [4.78, 5) is 32.1. The second-order valence-corrected chi connectivity index (χ2v) is 7.30. The van der Waals surface area contributed by atoms with Gasteiger partial charge in [-0.3, -0.25) is 5.32 Å². The summed E-state index contributed by atoms with van der Waals surface area (Å²) in [5, 5.41) is 5.95. The highest BCUT2D eigenvalue weighted by Crippen LogP contribution is 2.32. The van der Waals surface area contributed by atoms with Gasteiger partial charge < -0.3 is 30.2 Å². The van der Waals surface area contributed by atoms with Crippen molar-refractivity contribution in [1.29, 1.82) is 0 Å². The fourth-order valence-corrected chi connectivity index (χ4v) is 3.43. The molecule has 10 nitrogen and oxygen atoms in total. The van der Waals surface area contributed by atoms with Gasteiger partial charge in [-0.25, -0.2) is 14.6 Å². The van der Waals surface area contributed by atoms with E-state index in [1.807, 2.05) is 6.07 Å². The summed E-state index contributed by atoms with van der Waals surface area (Å²) in [5.74, 6) is 0.363. The number of aromatic nitrogens is 2. The molecular formula is C21H29N5O5. The number of hydrogen-bond acceptors (Lipinski definition) is 8. The van der Waals surface area contributed by atoms with Gasteiger partial charge in [-0.2, -0.15) is 0 Å². The van der Waals surface area contributed by atoms with Gasteiger partial charge in [-0.05, 0) is 31.0 Å². The maximum absolute atomic E-state index is 12.4. The highest BCUT2D eigenvalue weighted by molar-refractivity contribution is 5.89. The van der Waals surface area contributed by atoms with Crippen molar-refractivity contribution in [3.05, 3.63) is 30.2 Å². The Morgan fingerprint density at radius 2 is 2.03 bits per heavy atom. The molecule has 5 N–H and O–H groups in total. The molecule has 1 aromatic heterocycles. The van der Waals surface area contributed by atoms with Gasteiger partial charge in [0.05, 0.1) is 25.5 Å². The Bertz CT molecular complexity index is 900. The van der Waals surface area contributed by atoms with E-state index in [0.29, 0.717) is 30.1 Å². The van der Waals surface area contributed by atoms with Crippen molar-refractivity contribution in [2.75, 3.05) is 38.1 Å². The summed E-state index contributed by atoms with van der Waals surface area (Å²) in [6.45, 7) is 0.454. The van der Waals surface area contributed by atoms with Crippen LogP contribution in [0.15, 0.2) is 24.4 Å². The maximum atomic E-state index is 12.4. The van der Waals surface area contributed by atoms with Crippen LogP contribution in [-0.4, -0.2) is 55.5 Å². The highest BCUT2D eigenvalue weighted by atomic mass is 16.6. The van der Waals surface area contributed by atoms with Crippen LogP contribution in [0, 0.1) is 0 Å². The van der Waals surface area contributed by atoms with E-state index in [4.69, 9.17) is 19.9 Å². The standard InChI is InChI=1S/C21H29N5O5/c1-29-9-10-31-21(28)24-13-7-8-14-17(11-13)25-16(20(27)30-2)6-4-3-5-15(22)19-23-12-18(14)26-19/h7-8,11-12,15-16,25H,3-6,9-10,22H2,1-2H3,(H,23,26)(H,24,28)/t15-,16+/m0/s1. The molecular weight excluding hydrogens is 402 g/mol. The third kappa shape index (κ3) is 5.96. The molecule has 10 heteroatoms. The van der Waals surface area contributed by atoms with Gasteiger partial charge in [-0.15, -0.1) is 0 Å². The summed E-state index contributed by atoms with van der Waals surface area (Å²) in [6, 6.07) is 4.55. The number of ether oxygens (including phenoxy) is 3. The zero-order chi connectivity index (χ0) is 22.2.